The summed E-state index contributed by atoms with van der Waals surface area (Å²) in [6.45, 7) is 8.30. The van der Waals surface area contributed by atoms with Crippen LogP contribution < -0.4 is 16.0 Å². The molecule has 5 rings (SSSR count). The van der Waals surface area contributed by atoms with Crippen LogP contribution in [0.3, 0.4) is 0 Å². The fourth-order valence-corrected chi connectivity index (χ4v) is 6.85. The molecule has 2 aromatic carbocycles. The van der Waals surface area contributed by atoms with Crippen molar-refractivity contribution >= 4 is 40.8 Å². The smallest absolute Gasteiger partial charge is 0.318 e. The molecule has 0 aromatic heterocycles. The molecule has 3 heterocycles. The van der Waals surface area contributed by atoms with Gasteiger partial charge in [0.25, 0.3) is 0 Å². The maximum Gasteiger partial charge on any atom is 0.318 e. The third kappa shape index (κ3) is 4.59. The summed E-state index contributed by atoms with van der Waals surface area (Å²) in [5.41, 5.74) is 0.223. The molecule has 3 atom stereocenters. The van der Waals surface area contributed by atoms with Gasteiger partial charge in [0.15, 0.2) is 0 Å². The van der Waals surface area contributed by atoms with Gasteiger partial charge in [0.05, 0.1) is 11.1 Å². The molecule has 3 N–H and O–H groups in total. The van der Waals surface area contributed by atoms with E-state index in [1.165, 1.54) is 6.07 Å². The van der Waals surface area contributed by atoms with E-state index in [4.69, 9.17) is 23.2 Å². The second-order valence-corrected chi connectivity index (χ2v) is 12.5. The van der Waals surface area contributed by atoms with Gasteiger partial charge in [0.2, 0.25) is 5.91 Å². The molecule has 3 aliphatic rings. The lowest BCUT2D eigenvalue weighted by atomic mass is 9.63. The Morgan fingerprint density at radius 3 is 2.62 bits per heavy atom. The van der Waals surface area contributed by atoms with E-state index < -0.39 is 17.3 Å². The zero-order valence-corrected chi connectivity index (χ0v) is 22.8. The first-order valence-electron chi connectivity index (χ1n) is 12.9. The van der Waals surface area contributed by atoms with E-state index in [1.807, 2.05) is 6.07 Å². The average Bonchev–Trinajstić information content (AvgIpc) is 3.30. The first-order chi connectivity index (χ1) is 17.5. The Kier molecular flexibility index (Phi) is 6.92. The number of carbonyl (C=O) groups is 2. The van der Waals surface area contributed by atoms with Crippen LogP contribution in [0.2, 0.25) is 10.0 Å². The first-order valence-corrected chi connectivity index (χ1v) is 13.6. The van der Waals surface area contributed by atoms with Gasteiger partial charge in [-0.05, 0) is 67.4 Å². The number of fused-ring (bicyclic) bond motifs is 2. The number of hydrogen-bond donors (Lipinski definition) is 3. The third-order valence-electron chi connectivity index (χ3n) is 7.92. The number of anilines is 1. The van der Waals surface area contributed by atoms with Gasteiger partial charge in [-0.1, -0.05) is 62.2 Å². The summed E-state index contributed by atoms with van der Waals surface area (Å²) < 4.78 is 15.8. The molecular weight excluding hydrogens is 514 g/mol. The fraction of sp³-hybridized carbons (Fsp3) is 0.500. The Balaban J connectivity index is 1.70. The summed E-state index contributed by atoms with van der Waals surface area (Å²) in [5.74, 6) is -1.13. The lowest BCUT2D eigenvalue weighted by Gasteiger charge is -2.38. The van der Waals surface area contributed by atoms with Crippen molar-refractivity contribution < 1.29 is 14.0 Å². The Bertz CT molecular complexity index is 1230. The van der Waals surface area contributed by atoms with Gasteiger partial charge in [-0.3, -0.25) is 4.79 Å². The predicted octanol–water partition coefficient (Wildman–Crippen LogP) is 5.89. The largest absolute Gasteiger partial charge is 0.335 e. The van der Waals surface area contributed by atoms with Crippen molar-refractivity contribution in [3.63, 3.8) is 0 Å². The van der Waals surface area contributed by atoms with Gasteiger partial charge < -0.3 is 20.9 Å². The Labute approximate surface area is 227 Å². The summed E-state index contributed by atoms with van der Waals surface area (Å²) in [6.07, 6.45) is 2.28. The van der Waals surface area contributed by atoms with Gasteiger partial charge in [-0.2, -0.15) is 0 Å². The third-order valence-corrected chi connectivity index (χ3v) is 8.44. The quantitative estimate of drug-likeness (QED) is 0.449. The van der Waals surface area contributed by atoms with Gasteiger partial charge in [0, 0.05) is 28.9 Å². The molecule has 0 saturated carbocycles. The highest BCUT2D eigenvalue weighted by molar-refractivity contribution is 6.31. The van der Waals surface area contributed by atoms with Crippen LogP contribution in [0, 0.1) is 17.2 Å². The number of hydrogen-bond acceptors (Lipinski definition) is 3. The number of carbonyl (C=O) groups excluding carboxylic acids is 2. The van der Waals surface area contributed by atoms with Crippen molar-refractivity contribution in [3.8, 4) is 0 Å². The van der Waals surface area contributed by atoms with Crippen LogP contribution in [0.4, 0.5) is 14.9 Å². The summed E-state index contributed by atoms with van der Waals surface area (Å²) in [5, 5.41) is 9.95. The van der Waals surface area contributed by atoms with E-state index in [-0.39, 0.29) is 39.9 Å². The van der Waals surface area contributed by atoms with Crippen molar-refractivity contribution in [2.24, 2.45) is 11.3 Å². The van der Waals surface area contributed by atoms with Crippen molar-refractivity contribution in [3.05, 3.63) is 63.4 Å². The van der Waals surface area contributed by atoms with Crippen molar-refractivity contribution in [1.29, 1.82) is 0 Å². The molecule has 2 saturated heterocycles. The first kappa shape index (κ1) is 26.3. The molecule has 198 valence electrons. The number of rotatable bonds is 3. The zero-order chi connectivity index (χ0) is 26.5. The van der Waals surface area contributed by atoms with E-state index in [0.29, 0.717) is 23.7 Å². The number of halogens is 3. The van der Waals surface area contributed by atoms with E-state index in [0.717, 1.165) is 31.5 Å². The number of benzene rings is 2. The molecule has 1 spiro atoms. The van der Waals surface area contributed by atoms with Crippen LogP contribution >= 0.6 is 23.2 Å². The van der Waals surface area contributed by atoms with Gasteiger partial charge in [-0.15, -0.1) is 0 Å². The summed E-state index contributed by atoms with van der Waals surface area (Å²) in [7, 11) is 0. The van der Waals surface area contributed by atoms with Crippen LogP contribution in [0.15, 0.2) is 36.4 Å². The van der Waals surface area contributed by atoms with E-state index in [2.05, 4.69) is 36.7 Å². The molecule has 0 radical (unpaired) electrons. The van der Waals surface area contributed by atoms with Crippen LogP contribution in [0.25, 0.3) is 0 Å². The molecule has 6 nitrogen and oxygen atoms in total. The predicted molar refractivity (Wildman–Crippen MR) is 145 cm³/mol. The molecule has 37 heavy (non-hydrogen) atoms. The van der Waals surface area contributed by atoms with Gasteiger partial charge in [-0.25, -0.2) is 9.18 Å². The van der Waals surface area contributed by atoms with E-state index >= 15 is 4.39 Å². The van der Waals surface area contributed by atoms with Crippen molar-refractivity contribution in [1.82, 2.24) is 15.5 Å². The Morgan fingerprint density at radius 2 is 1.92 bits per heavy atom. The monoisotopic (exact) mass is 546 g/mol. The molecule has 2 aromatic rings. The SMILES string of the molecule is CC(C)(C)C[C@@H]1CN(C(=O)NC2CCNCC2)[C@H](c2cccc(Cl)c2F)[C@]12C(=O)Nc1cc(Cl)ccc12. The molecule has 0 aliphatic carbocycles. The maximum atomic E-state index is 15.8. The molecule has 0 bridgehead atoms. The minimum atomic E-state index is -1.20. The number of nitrogens with one attached hydrogen (secondary N) is 3. The lowest BCUT2D eigenvalue weighted by molar-refractivity contribution is -0.123. The highest BCUT2D eigenvalue weighted by Gasteiger charge is 2.65. The molecule has 3 amide bonds. The normalized spacial score (nSPS) is 25.9. The lowest BCUT2D eigenvalue weighted by Crippen LogP contribution is -2.50. The van der Waals surface area contributed by atoms with E-state index in [9.17, 15) is 9.59 Å². The Hall–Kier alpha value is -2.35. The molecular formula is C28H33Cl2FN4O2. The molecule has 0 unspecified atom stereocenters. The topological polar surface area (TPSA) is 73.5 Å². The molecule has 3 aliphatic heterocycles. The van der Waals surface area contributed by atoms with Gasteiger partial charge in [0.1, 0.15) is 11.2 Å². The maximum absolute atomic E-state index is 15.8. The second-order valence-electron chi connectivity index (χ2n) is 11.6. The van der Waals surface area contributed by atoms with Gasteiger partial charge >= 0.3 is 6.03 Å². The number of nitrogens with zero attached hydrogens (tertiary/aromatic N) is 1. The minimum Gasteiger partial charge on any atom is -0.335 e. The summed E-state index contributed by atoms with van der Waals surface area (Å²) >= 11 is 12.5. The molecule has 9 heteroatoms. The highest BCUT2D eigenvalue weighted by atomic mass is 35.5. The summed E-state index contributed by atoms with van der Waals surface area (Å²) in [6, 6.07) is 8.94. The molecule has 2 fully saturated rings. The van der Waals surface area contributed by atoms with Crippen LogP contribution in [0.5, 0.6) is 0 Å². The fourth-order valence-electron chi connectivity index (χ4n) is 6.49. The van der Waals surface area contributed by atoms with Crippen molar-refractivity contribution in [2.75, 3.05) is 25.0 Å². The second kappa shape index (κ2) is 9.75. The summed E-state index contributed by atoms with van der Waals surface area (Å²) in [4.78, 5) is 29.7. The van der Waals surface area contributed by atoms with Crippen LogP contribution in [-0.4, -0.2) is 42.5 Å². The van der Waals surface area contributed by atoms with Crippen LogP contribution in [0.1, 0.15) is 57.2 Å². The number of piperidine rings is 1. The number of urea groups is 1. The van der Waals surface area contributed by atoms with Crippen molar-refractivity contribution in [2.45, 2.75) is 57.5 Å². The standard InChI is InChI=1S/C28H33Cl2FN4O2/c1-27(2,3)14-16-15-35(26(37)33-18-9-11-32-12-10-18)24(19-5-4-6-21(30)23(19)31)28(16)20-8-7-17(29)13-22(20)34-25(28)36/h4-8,13,16,18,24,32H,9-12,14-15H2,1-3H3,(H,33,37)(H,34,36)/t16-,24-,28+/m1/s1. The highest BCUT2D eigenvalue weighted by Crippen LogP contribution is 2.60. The Morgan fingerprint density at radius 1 is 1.19 bits per heavy atom. The average molecular weight is 548 g/mol. The van der Waals surface area contributed by atoms with Crippen LogP contribution in [-0.2, 0) is 10.2 Å². The zero-order valence-electron chi connectivity index (χ0n) is 21.3. The number of amides is 3. The minimum absolute atomic E-state index is 0.0136. The number of likely N-dealkylation sites (tertiary alicyclic amines) is 1. The van der Waals surface area contributed by atoms with E-state index in [1.54, 1.807) is 29.2 Å².